The molecule has 0 spiro atoms. The first kappa shape index (κ1) is 16.7. The molecule has 0 bridgehead atoms. The summed E-state index contributed by atoms with van der Waals surface area (Å²) >= 11 is 0. The van der Waals surface area contributed by atoms with Gasteiger partial charge in [0.2, 0.25) is 0 Å². The highest BCUT2D eigenvalue weighted by atomic mass is 19.4. The van der Waals surface area contributed by atoms with Crippen molar-refractivity contribution in [1.29, 1.82) is 0 Å². The largest absolute Gasteiger partial charge is 0.416 e. The average molecular weight is 320 g/mol. The molecule has 2 rings (SSSR count). The number of benzene rings is 1. The number of carbonyl (C=O) groups is 1. The van der Waals surface area contributed by atoms with Crippen LogP contribution in [0.2, 0.25) is 0 Å². The van der Waals surface area contributed by atoms with E-state index in [0.29, 0.717) is 6.54 Å². The lowest BCUT2D eigenvalue weighted by molar-refractivity contribution is -0.137. The number of hydrogen-bond acceptors (Lipinski definition) is 2. The molecule has 0 atom stereocenters. The Morgan fingerprint density at radius 3 is 2.43 bits per heavy atom. The average Bonchev–Trinajstić information content (AvgIpc) is 2.54. The Kier molecular flexibility index (Phi) is 5.16. The molecular formula is C17H15F3N2O. The number of amides is 1. The van der Waals surface area contributed by atoms with Crippen molar-refractivity contribution >= 4 is 5.91 Å². The van der Waals surface area contributed by atoms with E-state index >= 15 is 0 Å². The number of nitrogens with zero attached hydrogens (tertiary/aromatic N) is 2. The lowest BCUT2D eigenvalue weighted by Crippen LogP contribution is -2.30. The first-order valence-corrected chi connectivity index (χ1v) is 6.88. The minimum absolute atomic E-state index is 0.198. The number of alkyl halides is 3. The van der Waals surface area contributed by atoms with Crippen molar-refractivity contribution in [3.63, 3.8) is 0 Å². The van der Waals surface area contributed by atoms with Crippen LogP contribution in [0.5, 0.6) is 0 Å². The zero-order valence-corrected chi connectivity index (χ0v) is 12.3. The van der Waals surface area contributed by atoms with Gasteiger partial charge in [0.15, 0.2) is 0 Å². The normalized spacial score (nSPS) is 11.1. The van der Waals surface area contributed by atoms with E-state index in [2.05, 4.69) is 11.6 Å². The van der Waals surface area contributed by atoms with E-state index in [9.17, 15) is 18.0 Å². The number of halogens is 3. The van der Waals surface area contributed by atoms with E-state index in [0.717, 1.165) is 17.7 Å². The van der Waals surface area contributed by atoms with Gasteiger partial charge in [0.1, 0.15) is 0 Å². The van der Waals surface area contributed by atoms with E-state index in [4.69, 9.17) is 0 Å². The Hall–Kier alpha value is -2.63. The third kappa shape index (κ3) is 4.42. The molecule has 0 radical (unpaired) electrons. The Labute approximate surface area is 132 Å². The second kappa shape index (κ2) is 7.09. The minimum atomic E-state index is -4.42. The summed E-state index contributed by atoms with van der Waals surface area (Å²) in [4.78, 5) is 17.9. The van der Waals surface area contributed by atoms with Crippen LogP contribution >= 0.6 is 0 Å². The van der Waals surface area contributed by atoms with Crippen molar-refractivity contribution in [3.05, 3.63) is 78.1 Å². The van der Waals surface area contributed by atoms with Crippen LogP contribution in [0.15, 0.2) is 61.4 Å². The SMILES string of the molecule is C=CCN(Cc1cccnc1)C(=O)c1ccc(C(F)(F)F)cc1. The Morgan fingerprint density at radius 2 is 1.91 bits per heavy atom. The van der Waals surface area contributed by atoms with E-state index in [1.54, 1.807) is 24.5 Å². The van der Waals surface area contributed by atoms with Crippen molar-refractivity contribution in [3.8, 4) is 0 Å². The van der Waals surface area contributed by atoms with Crippen LogP contribution in [0.3, 0.4) is 0 Å². The first-order chi connectivity index (χ1) is 10.9. The number of hydrogen-bond donors (Lipinski definition) is 0. The van der Waals surface area contributed by atoms with Gasteiger partial charge in [-0.1, -0.05) is 12.1 Å². The third-order valence-electron chi connectivity index (χ3n) is 3.19. The van der Waals surface area contributed by atoms with Gasteiger partial charge in [-0.2, -0.15) is 13.2 Å². The summed E-state index contributed by atoms with van der Waals surface area (Å²) in [6, 6.07) is 7.76. The second-order valence-corrected chi connectivity index (χ2v) is 4.91. The zero-order chi connectivity index (χ0) is 16.9. The van der Waals surface area contributed by atoms with Crippen molar-refractivity contribution in [2.75, 3.05) is 6.54 Å². The van der Waals surface area contributed by atoms with Gasteiger partial charge >= 0.3 is 6.18 Å². The van der Waals surface area contributed by atoms with Gasteiger partial charge in [0.25, 0.3) is 5.91 Å². The highest BCUT2D eigenvalue weighted by Crippen LogP contribution is 2.29. The number of aromatic nitrogens is 1. The molecule has 23 heavy (non-hydrogen) atoms. The molecule has 2 aromatic rings. The van der Waals surface area contributed by atoms with Gasteiger partial charge in [-0.05, 0) is 35.9 Å². The maximum absolute atomic E-state index is 12.6. The van der Waals surface area contributed by atoms with Crippen molar-refractivity contribution in [2.24, 2.45) is 0 Å². The first-order valence-electron chi connectivity index (χ1n) is 6.88. The second-order valence-electron chi connectivity index (χ2n) is 4.91. The van der Waals surface area contributed by atoms with Crippen molar-refractivity contribution < 1.29 is 18.0 Å². The van der Waals surface area contributed by atoms with Crippen LogP contribution < -0.4 is 0 Å². The zero-order valence-electron chi connectivity index (χ0n) is 12.3. The van der Waals surface area contributed by atoms with Crippen LogP contribution in [0.4, 0.5) is 13.2 Å². The maximum atomic E-state index is 12.6. The Morgan fingerprint density at radius 1 is 1.22 bits per heavy atom. The topological polar surface area (TPSA) is 33.2 Å². The van der Waals surface area contributed by atoms with Crippen LogP contribution in [-0.2, 0) is 12.7 Å². The number of carbonyl (C=O) groups excluding carboxylic acids is 1. The molecule has 1 heterocycles. The molecule has 1 aromatic carbocycles. The summed E-state index contributed by atoms with van der Waals surface area (Å²) in [5.74, 6) is -0.359. The van der Waals surface area contributed by atoms with E-state index in [-0.39, 0.29) is 18.0 Å². The summed E-state index contributed by atoms with van der Waals surface area (Å²) < 4.78 is 37.7. The van der Waals surface area contributed by atoms with Crippen LogP contribution in [0, 0.1) is 0 Å². The van der Waals surface area contributed by atoms with Gasteiger partial charge in [-0.3, -0.25) is 9.78 Å². The van der Waals surface area contributed by atoms with Crippen LogP contribution in [0.25, 0.3) is 0 Å². The van der Waals surface area contributed by atoms with Crippen LogP contribution in [0.1, 0.15) is 21.5 Å². The summed E-state index contributed by atoms with van der Waals surface area (Å²) in [5, 5.41) is 0. The molecule has 0 unspecified atom stereocenters. The molecule has 0 aliphatic heterocycles. The predicted octanol–water partition coefficient (Wildman–Crippen LogP) is 3.93. The lowest BCUT2D eigenvalue weighted by atomic mass is 10.1. The Bertz CT molecular complexity index is 666. The van der Waals surface area contributed by atoms with Gasteiger partial charge in [0, 0.05) is 31.0 Å². The van der Waals surface area contributed by atoms with E-state index < -0.39 is 11.7 Å². The molecule has 0 aliphatic rings. The molecule has 0 aliphatic carbocycles. The summed E-state index contributed by atoms with van der Waals surface area (Å²) in [7, 11) is 0. The molecule has 1 aromatic heterocycles. The van der Waals surface area contributed by atoms with Gasteiger partial charge < -0.3 is 4.90 Å². The van der Waals surface area contributed by atoms with Gasteiger partial charge in [0.05, 0.1) is 5.56 Å². The monoisotopic (exact) mass is 320 g/mol. The molecule has 1 amide bonds. The molecule has 0 N–H and O–H groups in total. The molecule has 3 nitrogen and oxygen atoms in total. The summed E-state index contributed by atoms with van der Waals surface area (Å²) in [6.07, 6.45) is 0.408. The fraction of sp³-hybridized carbons (Fsp3) is 0.176. The summed E-state index contributed by atoms with van der Waals surface area (Å²) in [5.41, 5.74) is 0.245. The van der Waals surface area contributed by atoms with Crippen LogP contribution in [-0.4, -0.2) is 22.3 Å². The third-order valence-corrected chi connectivity index (χ3v) is 3.19. The molecule has 120 valence electrons. The highest BCUT2D eigenvalue weighted by Gasteiger charge is 2.30. The minimum Gasteiger partial charge on any atom is -0.331 e. The fourth-order valence-corrected chi connectivity index (χ4v) is 2.07. The van der Waals surface area contributed by atoms with Gasteiger partial charge in [-0.25, -0.2) is 0 Å². The van der Waals surface area contributed by atoms with Gasteiger partial charge in [-0.15, -0.1) is 6.58 Å². The highest BCUT2D eigenvalue weighted by molar-refractivity contribution is 5.94. The van der Waals surface area contributed by atoms with E-state index in [1.807, 2.05) is 6.07 Å². The van der Waals surface area contributed by atoms with Crippen molar-refractivity contribution in [2.45, 2.75) is 12.7 Å². The smallest absolute Gasteiger partial charge is 0.331 e. The molecule has 0 saturated heterocycles. The molecule has 0 fully saturated rings. The quantitative estimate of drug-likeness (QED) is 0.782. The van der Waals surface area contributed by atoms with E-state index in [1.165, 1.54) is 17.0 Å². The molecular weight excluding hydrogens is 305 g/mol. The maximum Gasteiger partial charge on any atom is 0.416 e. The molecule has 0 saturated carbocycles. The molecule has 6 heteroatoms. The predicted molar refractivity (Wildman–Crippen MR) is 80.6 cm³/mol. The lowest BCUT2D eigenvalue weighted by Gasteiger charge is -2.21. The standard InChI is InChI=1S/C17H15F3N2O/c1-2-10-22(12-13-4-3-9-21-11-13)16(23)14-5-7-15(8-6-14)17(18,19)20/h2-9,11H,1,10,12H2. The number of rotatable bonds is 5. The number of pyridine rings is 1. The Balaban J connectivity index is 2.19. The summed E-state index contributed by atoms with van der Waals surface area (Å²) in [6.45, 7) is 4.20. The fourth-order valence-electron chi connectivity index (χ4n) is 2.07. The van der Waals surface area contributed by atoms with Crippen molar-refractivity contribution in [1.82, 2.24) is 9.88 Å².